The van der Waals surface area contributed by atoms with Gasteiger partial charge in [0.1, 0.15) is 0 Å². The van der Waals surface area contributed by atoms with Crippen molar-refractivity contribution in [2.75, 3.05) is 12.3 Å². The van der Waals surface area contributed by atoms with Crippen LogP contribution in [0.2, 0.25) is 0 Å². The molecule has 0 unspecified atom stereocenters. The topological polar surface area (TPSA) is 72.3 Å². The van der Waals surface area contributed by atoms with Gasteiger partial charge in [-0.25, -0.2) is 0 Å². The van der Waals surface area contributed by atoms with Crippen LogP contribution in [-0.4, -0.2) is 23.4 Å². The number of amides is 1. The van der Waals surface area contributed by atoms with E-state index >= 15 is 0 Å². The first kappa shape index (κ1) is 14.9. The molecule has 110 valence electrons. The van der Waals surface area contributed by atoms with Crippen molar-refractivity contribution in [1.82, 2.24) is 4.90 Å². The van der Waals surface area contributed by atoms with Crippen LogP contribution in [0.3, 0.4) is 0 Å². The summed E-state index contributed by atoms with van der Waals surface area (Å²) in [6.07, 6.45) is 4.79. The molecule has 1 aliphatic rings. The van der Waals surface area contributed by atoms with E-state index in [4.69, 9.17) is 11.5 Å². The van der Waals surface area contributed by atoms with E-state index in [1.807, 2.05) is 24.3 Å². The van der Waals surface area contributed by atoms with E-state index in [9.17, 15) is 4.79 Å². The van der Waals surface area contributed by atoms with Crippen LogP contribution in [0.1, 0.15) is 38.2 Å². The Morgan fingerprint density at radius 2 is 1.80 bits per heavy atom. The van der Waals surface area contributed by atoms with Gasteiger partial charge >= 0.3 is 0 Å². The van der Waals surface area contributed by atoms with E-state index in [1.54, 1.807) is 0 Å². The molecule has 1 amide bonds. The minimum Gasteiger partial charge on any atom is -0.399 e. The predicted molar refractivity (Wildman–Crippen MR) is 81.9 cm³/mol. The zero-order valence-electron chi connectivity index (χ0n) is 12.2. The molecule has 0 spiro atoms. The Morgan fingerprint density at radius 3 is 2.35 bits per heavy atom. The van der Waals surface area contributed by atoms with Crippen LogP contribution in [-0.2, 0) is 11.3 Å². The third-order valence-corrected chi connectivity index (χ3v) is 4.23. The molecular formula is C16H25N3O. The van der Waals surface area contributed by atoms with Crippen molar-refractivity contribution >= 4 is 11.6 Å². The lowest BCUT2D eigenvalue weighted by Crippen LogP contribution is -2.42. The summed E-state index contributed by atoms with van der Waals surface area (Å²) < 4.78 is 0. The van der Waals surface area contributed by atoms with Gasteiger partial charge in [-0.1, -0.05) is 19.1 Å². The summed E-state index contributed by atoms with van der Waals surface area (Å²) >= 11 is 0. The van der Waals surface area contributed by atoms with Crippen molar-refractivity contribution in [3.63, 3.8) is 0 Å². The Balaban J connectivity index is 2.03. The molecule has 0 bridgehead atoms. The highest BCUT2D eigenvalue weighted by Gasteiger charge is 2.25. The summed E-state index contributed by atoms with van der Waals surface area (Å²) in [6.45, 7) is 3.40. The number of carbonyl (C=O) groups excluding carboxylic acids is 1. The van der Waals surface area contributed by atoms with Crippen molar-refractivity contribution < 1.29 is 4.79 Å². The molecule has 0 heterocycles. The molecule has 1 saturated carbocycles. The molecule has 0 aromatic heterocycles. The lowest BCUT2D eigenvalue weighted by molar-refractivity contribution is -0.120. The van der Waals surface area contributed by atoms with Gasteiger partial charge in [0.05, 0.1) is 6.54 Å². The quantitative estimate of drug-likeness (QED) is 0.809. The van der Waals surface area contributed by atoms with Crippen LogP contribution in [0.5, 0.6) is 0 Å². The number of nitrogens with two attached hydrogens (primary N) is 2. The molecule has 1 aromatic carbocycles. The highest BCUT2D eigenvalue weighted by atomic mass is 16.1. The van der Waals surface area contributed by atoms with Crippen LogP contribution in [0.15, 0.2) is 24.3 Å². The number of anilines is 1. The number of rotatable bonds is 5. The standard InChI is InChI=1S/C16H25N3O/c1-12-2-8-15(9-3-12)19(11-16(18)20)10-13-4-6-14(17)7-5-13/h4-7,12,15H,2-3,8-11,17H2,1H3,(H2,18,20). The van der Waals surface area contributed by atoms with E-state index in [2.05, 4.69) is 11.8 Å². The second kappa shape index (κ2) is 6.75. The van der Waals surface area contributed by atoms with Gasteiger partial charge in [-0.2, -0.15) is 0 Å². The minimum absolute atomic E-state index is 0.251. The van der Waals surface area contributed by atoms with E-state index in [0.29, 0.717) is 12.6 Å². The number of hydrogen-bond donors (Lipinski definition) is 2. The Labute approximate surface area is 121 Å². The summed E-state index contributed by atoms with van der Waals surface area (Å²) in [4.78, 5) is 13.5. The van der Waals surface area contributed by atoms with Gasteiger partial charge in [-0.05, 0) is 49.3 Å². The van der Waals surface area contributed by atoms with Crippen molar-refractivity contribution in [2.24, 2.45) is 11.7 Å². The Bertz CT molecular complexity index is 436. The van der Waals surface area contributed by atoms with E-state index in [-0.39, 0.29) is 5.91 Å². The number of primary amides is 1. The SMILES string of the molecule is CC1CCC(N(CC(N)=O)Cc2ccc(N)cc2)CC1. The Hall–Kier alpha value is -1.55. The third-order valence-electron chi connectivity index (χ3n) is 4.23. The van der Waals surface area contributed by atoms with Gasteiger partial charge in [0.15, 0.2) is 0 Å². The fourth-order valence-electron chi connectivity index (χ4n) is 2.98. The first-order valence-electron chi connectivity index (χ1n) is 7.41. The predicted octanol–water partition coefficient (Wildman–Crippen LogP) is 2.13. The number of hydrogen-bond acceptors (Lipinski definition) is 3. The van der Waals surface area contributed by atoms with Gasteiger partial charge in [0, 0.05) is 18.3 Å². The zero-order chi connectivity index (χ0) is 14.5. The van der Waals surface area contributed by atoms with Crippen LogP contribution < -0.4 is 11.5 Å². The maximum atomic E-state index is 11.3. The normalized spacial score (nSPS) is 22.9. The molecule has 0 aliphatic heterocycles. The monoisotopic (exact) mass is 275 g/mol. The molecule has 4 nitrogen and oxygen atoms in total. The average molecular weight is 275 g/mol. The van der Waals surface area contributed by atoms with Crippen LogP contribution >= 0.6 is 0 Å². The highest BCUT2D eigenvalue weighted by Crippen LogP contribution is 2.28. The maximum Gasteiger partial charge on any atom is 0.231 e. The summed E-state index contributed by atoms with van der Waals surface area (Å²) in [5.74, 6) is 0.553. The summed E-state index contributed by atoms with van der Waals surface area (Å²) in [6, 6.07) is 8.32. The van der Waals surface area contributed by atoms with E-state index < -0.39 is 0 Å². The van der Waals surface area contributed by atoms with Gasteiger partial charge in [0.2, 0.25) is 5.91 Å². The average Bonchev–Trinajstić information content (AvgIpc) is 2.41. The van der Waals surface area contributed by atoms with E-state index in [0.717, 1.165) is 31.0 Å². The molecule has 0 saturated heterocycles. The largest absolute Gasteiger partial charge is 0.399 e. The van der Waals surface area contributed by atoms with Gasteiger partial charge in [0.25, 0.3) is 0 Å². The maximum absolute atomic E-state index is 11.3. The number of nitrogen functional groups attached to an aromatic ring is 1. The molecule has 4 N–H and O–H groups in total. The molecule has 1 fully saturated rings. The fraction of sp³-hybridized carbons (Fsp3) is 0.562. The van der Waals surface area contributed by atoms with Crippen molar-refractivity contribution in [2.45, 2.75) is 45.2 Å². The van der Waals surface area contributed by atoms with Crippen LogP contribution in [0.4, 0.5) is 5.69 Å². The van der Waals surface area contributed by atoms with Crippen molar-refractivity contribution in [3.8, 4) is 0 Å². The zero-order valence-corrected chi connectivity index (χ0v) is 12.2. The molecular weight excluding hydrogens is 250 g/mol. The smallest absolute Gasteiger partial charge is 0.231 e. The lowest BCUT2D eigenvalue weighted by atomic mass is 9.86. The molecule has 4 heteroatoms. The first-order chi connectivity index (χ1) is 9.54. The van der Waals surface area contributed by atoms with Crippen LogP contribution in [0, 0.1) is 5.92 Å². The summed E-state index contributed by atoms with van der Waals surface area (Å²) in [7, 11) is 0. The number of benzene rings is 1. The minimum atomic E-state index is -0.251. The van der Waals surface area contributed by atoms with Gasteiger partial charge in [-0.15, -0.1) is 0 Å². The third kappa shape index (κ3) is 4.23. The lowest BCUT2D eigenvalue weighted by Gasteiger charge is -2.35. The van der Waals surface area contributed by atoms with Crippen LogP contribution in [0.25, 0.3) is 0 Å². The molecule has 2 rings (SSSR count). The van der Waals surface area contributed by atoms with Crippen molar-refractivity contribution in [3.05, 3.63) is 29.8 Å². The summed E-state index contributed by atoms with van der Waals surface area (Å²) in [5, 5.41) is 0. The fourth-order valence-corrected chi connectivity index (χ4v) is 2.98. The van der Waals surface area contributed by atoms with Gasteiger partial charge in [-0.3, -0.25) is 9.69 Å². The molecule has 1 aromatic rings. The second-order valence-corrected chi connectivity index (χ2v) is 6.03. The number of carbonyl (C=O) groups is 1. The highest BCUT2D eigenvalue weighted by molar-refractivity contribution is 5.76. The van der Waals surface area contributed by atoms with E-state index in [1.165, 1.54) is 18.4 Å². The molecule has 0 radical (unpaired) electrons. The second-order valence-electron chi connectivity index (χ2n) is 6.03. The molecule has 20 heavy (non-hydrogen) atoms. The number of nitrogens with zero attached hydrogens (tertiary/aromatic N) is 1. The molecule has 0 atom stereocenters. The van der Waals surface area contributed by atoms with Gasteiger partial charge < -0.3 is 11.5 Å². The van der Waals surface area contributed by atoms with Crippen molar-refractivity contribution in [1.29, 1.82) is 0 Å². The summed E-state index contributed by atoms with van der Waals surface area (Å²) in [5.41, 5.74) is 13.1. The first-order valence-corrected chi connectivity index (χ1v) is 7.41. The Kier molecular flexibility index (Phi) is 5.01. The Morgan fingerprint density at radius 1 is 1.20 bits per heavy atom. The molecule has 1 aliphatic carbocycles.